The Morgan fingerprint density at radius 3 is 2.71 bits per heavy atom. The molecule has 21 heavy (non-hydrogen) atoms. The van der Waals surface area contributed by atoms with E-state index in [-0.39, 0.29) is 5.91 Å². The maximum absolute atomic E-state index is 12.3. The molecular weight excluding hydrogens is 268 g/mol. The molecule has 5 nitrogen and oxygen atoms in total. The zero-order chi connectivity index (χ0) is 15.6. The van der Waals surface area contributed by atoms with Crippen molar-refractivity contribution in [1.82, 2.24) is 5.32 Å². The van der Waals surface area contributed by atoms with Gasteiger partial charge in [0.15, 0.2) is 0 Å². The number of carboxylic acids is 1. The lowest BCUT2D eigenvalue weighted by molar-refractivity contribution is -0.142. The fourth-order valence-electron chi connectivity index (χ4n) is 2.57. The Morgan fingerprint density at radius 2 is 2.05 bits per heavy atom. The predicted octanol–water partition coefficient (Wildman–Crippen LogP) is 1.66. The quantitative estimate of drug-likeness (QED) is 0.865. The third-order valence-electron chi connectivity index (χ3n) is 3.90. The summed E-state index contributed by atoms with van der Waals surface area (Å²) in [5.41, 5.74) is 1.82. The number of aliphatic carboxylic acids is 1. The van der Waals surface area contributed by atoms with E-state index in [0.717, 1.165) is 13.0 Å². The van der Waals surface area contributed by atoms with Crippen LogP contribution in [0.3, 0.4) is 0 Å². The van der Waals surface area contributed by atoms with Crippen LogP contribution in [-0.4, -0.2) is 36.1 Å². The van der Waals surface area contributed by atoms with Gasteiger partial charge in [0.25, 0.3) is 0 Å². The number of carbonyl (C=O) groups excluding carboxylic acids is 1. The van der Waals surface area contributed by atoms with Crippen LogP contribution >= 0.6 is 0 Å². The van der Waals surface area contributed by atoms with E-state index in [4.69, 9.17) is 5.11 Å². The van der Waals surface area contributed by atoms with Gasteiger partial charge in [-0.3, -0.25) is 9.59 Å². The van der Waals surface area contributed by atoms with Crippen molar-refractivity contribution in [3.63, 3.8) is 0 Å². The molecule has 1 aromatic carbocycles. The van der Waals surface area contributed by atoms with Crippen LogP contribution in [0.5, 0.6) is 0 Å². The van der Waals surface area contributed by atoms with Gasteiger partial charge >= 0.3 is 5.97 Å². The first-order valence-corrected chi connectivity index (χ1v) is 7.18. The molecule has 1 atom stereocenters. The molecule has 0 aromatic heterocycles. The van der Waals surface area contributed by atoms with E-state index in [1.807, 2.05) is 26.0 Å². The number of para-hydroxylation sites is 1. The molecule has 1 aliphatic rings. The first-order chi connectivity index (χ1) is 9.81. The number of nitrogens with zero attached hydrogens (tertiary/aromatic N) is 1. The standard InChI is InChI=1S/C16H22N2O3/c1-11(14(19)20)17-15(21)16(2,3)10-18-9-8-12-6-4-5-7-13(12)18/h4-7,11H,8-10H2,1-3H3,(H,17,21)(H,19,20). The minimum atomic E-state index is -1.02. The Balaban J connectivity index is 2.05. The number of fused-ring (bicyclic) bond motifs is 1. The molecule has 0 radical (unpaired) electrons. The van der Waals surface area contributed by atoms with E-state index in [1.54, 1.807) is 0 Å². The lowest BCUT2D eigenvalue weighted by Crippen LogP contribution is -2.49. The Kier molecular flexibility index (Phi) is 4.21. The van der Waals surface area contributed by atoms with Crippen molar-refractivity contribution in [2.45, 2.75) is 33.2 Å². The Morgan fingerprint density at radius 1 is 1.38 bits per heavy atom. The number of benzene rings is 1. The first kappa shape index (κ1) is 15.4. The van der Waals surface area contributed by atoms with Gasteiger partial charge in [-0.1, -0.05) is 18.2 Å². The van der Waals surface area contributed by atoms with Crippen molar-refractivity contribution in [1.29, 1.82) is 0 Å². The first-order valence-electron chi connectivity index (χ1n) is 7.18. The van der Waals surface area contributed by atoms with Gasteiger partial charge < -0.3 is 15.3 Å². The minimum Gasteiger partial charge on any atom is -0.480 e. The highest BCUT2D eigenvalue weighted by molar-refractivity contribution is 5.87. The van der Waals surface area contributed by atoms with Crippen LogP contribution in [0.25, 0.3) is 0 Å². The summed E-state index contributed by atoms with van der Waals surface area (Å²) in [6, 6.07) is 7.32. The van der Waals surface area contributed by atoms with Gasteiger partial charge in [-0.15, -0.1) is 0 Å². The fourth-order valence-corrected chi connectivity index (χ4v) is 2.57. The van der Waals surface area contributed by atoms with Crippen LogP contribution in [-0.2, 0) is 16.0 Å². The van der Waals surface area contributed by atoms with Gasteiger partial charge in [0, 0.05) is 18.8 Å². The predicted molar refractivity (Wildman–Crippen MR) is 81.4 cm³/mol. The van der Waals surface area contributed by atoms with Crippen LogP contribution in [0, 0.1) is 5.41 Å². The summed E-state index contributed by atoms with van der Waals surface area (Å²) < 4.78 is 0. The lowest BCUT2D eigenvalue weighted by atomic mass is 9.91. The summed E-state index contributed by atoms with van der Waals surface area (Å²) in [4.78, 5) is 25.3. The Labute approximate surface area is 125 Å². The van der Waals surface area contributed by atoms with Gasteiger partial charge in [0.05, 0.1) is 5.41 Å². The molecule has 0 saturated heterocycles. The largest absolute Gasteiger partial charge is 0.480 e. The molecule has 1 amide bonds. The van der Waals surface area contributed by atoms with Crippen molar-refractivity contribution >= 4 is 17.6 Å². The van der Waals surface area contributed by atoms with Gasteiger partial charge in [-0.25, -0.2) is 0 Å². The zero-order valence-corrected chi connectivity index (χ0v) is 12.7. The van der Waals surface area contributed by atoms with E-state index in [1.165, 1.54) is 18.2 Å². The molecule has 2 N–H and O–H groups in total. The van der Waals surface area contributed by atoms with Crippen molar-refractivity contribution in [3.8, 4) is 0 Å². The SMILES string of the molecule is CC(NC(=O)C(C)(C)CN1CCc2ccccc21)C(=O)O. The summed E-state index contributed by atoms with van der Waals surface area (Å²) in [5.74, 6) is -1.26. The van der Waals surface area contributed by atoms with Crippen LogP contribution in [0.2, 0.25) is 0 Å². The maximum Gasteiger partial charge on any atom is 0.325 e. The molecule has 0 bridgehead atoms. The second-order valence-corrected chi connectivity index (χ2v) is 6.22. The Hall–Kier alpha value is -2.04. The van der Waals surface area contributed by atoms with E-state index in [0.29, 0.717) is 6.54 Å². The van der Waals surface area contributed by atoms with Crippen molar-refractivity contribution in [2.24, 2.45) is 5.41 Å². The maximum atomic E-state index is 12.3. The number of carboxylic acid groups (broad SMARTS) is 1. The molecule has 0 aliphatic carbocycles. The van der Waals surface area contributed by atoms with E-state index in [2.05, 4.69) is 22.3 Å². The highest BCUT2D eigenvalue weighted by Crippen LogP contribution is 2.30. The number of hydrogen-bond acceptors (Lipinski definition) is 3. The van der Waals surface area contributed by atoms with Crippen LogP contribution in [0.4, 0.5) is 5.69 Å². The molecule has 0 saturated carbocycles. The Bertz CT molecular complexity index is 554. The molecule has 0 fully saturated rings. The average molecular weight is 290 g/mol. The molecule has 5 heteroatoms. The number of nitrogens with one attached hydrogen (secondary N) is 1. The smallest absolute Gasteiger partial charge is 0.325 e. The molecule has 2 rings (SSSR count). The van der Waals surface area contributed by atoms with E-state index in [9.17, 15) is 9.59 Å². The van der Waals surface area contributed by atoms with Gasteiger partial charge in [-0.2, -0.15) is 0 Å². The van der Waals surface area contributed by atoms with Gasteiger partial charge in [-0.05, 0) is 38.8 Å². The fraction of sp³-hybridized carbons (Fsp3) is 0.500. The van der Waals surface area contributed by atoms with Gasteiger partial charge in [0.1, 0.15) is 6.04 Å². The molecule has 1 aromatic rings. The van der Waals surface area contributed by atoms with Crippen LogP contribution < -0.4 is 10.2 Å². The molecular formula is C16H22N2O3. The second-order valence-electron chi connectivity index (χ2n) is 6.22. The summed E-state index contributed by atoms with van der Waals surface area (Å²) in [6.07, 6.45) is 0.986. The lowest BCUT2D eigenvalue weighted by Gasteiger charge is -2.31. The highest BCUT2D eigenvalue weighted by Gasteiger charge is 2.33. The number of hydrogen-bond donors (Lipinski definition) is 2. The minimum absolute atomic E-state index is 0.234. The second kappa shape index (κ2) is 5.76. The van der Waals surface area contributed by atoms with Crippen molar-refractivity contribution in [3.05, 3.63) is 29.8 Å². The summed E-state index contributed by atoms with van der Waals surface area (Å²) in [5, 5.41) is 11.4. The van der Waals surface area contributed by atoms with Gasteiger partial charge in [0.2, 0.25) is 5.91 Å². The van der Waals surface area contributed by atoms with Crippen molar-refractivity contribution in [2.75, 3.05) is 18.0 Å². The molecule has 114 valence electrons. The summed E-state index contributed by atoms with van der Waals surface area (Å²) in [7, 11) is 0. The topological polar surface area (TPSA) is 69.6 Å². The van der Waals surface area contributed by atoms with E-state index >= 15 is 0 Å². The zero-order valence-electron chi connectivity index (χ0n) is 12.7. The van der Waals surface area contributed by atoms with E-state index < -0.39 is 17.4 Å². The van der Waals surface area contributed by atoms with Crippen LogP contribution in [0.15, 0.2) is 24.3 Å². The normalized spacial score (nSPS) is 15.5. The molecule has 1 unspecified atom stereocenters. The van der Waals surface area contributed by atoms with Crippen molar-refractivity contribution < 1.29 is 14.7 Å². The summed E-state index contributed by atoms with van der Waals surface area (Å²) in [6.45, 7) is 6.63. The number of rotatable bonds is 5. The third-order valence-corrected chi connectivity index (χ3v) is 3.90. The third kappa shape index (κ3) is 3.35. The molecule has 1 aliphatic heterocycles. The monoisotopic (exact) mass is 290 g/mol. The molecule has 0 spiro atoms. The van der Waals surface area contributed by atoms with Crippen LogP contribution in [0.1, 0.15) is 26.3 Å². The number of anilines is 1. The average Bonchev–Trinajstić information content (AvgIpc) is 2.81. The molecule has 1 heterocycles. The highest BCUT2D eigenvalue weighted by atomic mass is 16.4. The number of carbonyl (C=O) groups is 2. The number of amides is 1. The summed E-state index contributed by atoms with van der Waals surface area (Å²) >= 11 is 0.